The van der Waals surface area contributed by atoms with Gasteiger partial charge in [-0.1, -0.05) is 31.2 Å². The van der Waals surface area contributed by atoms with Gasteiger partial charge in [0.05, 0.1) is 23.4 Å². The second-order valence-corrected chi connectivity index (χ2v) is 12.6. The van der Waals surface area contributed by atoms with Gasteiger partial charge in [0, 0.05) is 29.7 Å². The Bertz CT molecular complexity index is 1410. The van der Waals surface area contributed by atoms with Gasteiger partial charge in [-0.25, -0.2) is 0 Å². The normalized spacial score (nSPS) is 44.0. The molecule has 8 atom stereocenters. The summed E-state index contributed by atoms with van der Waals surface area (Å²) in [6.45, 7) is 2.37. The lowest BCUT2D eigenvalue weighted by molar-refractivity contribution is -0.223. The molecule has 2 bridgehead atoms. The van der Waals surface area contributed by atoms with Crippen LogP contribution in [0.5, 0.6) is 0 Å². The summed E-state index contributed by atoms with van der Waals surface area (Å²) in [5.74, 6) is 0.176. The van der Waals surface area contributed by atoms with Gasteiger partial charge in [0.25, 0.3) is 0 Å². The Morgan fingerprint density at radius 2 is 1.95 bits per heavy atom. The number of nitrogens with zero attached hydrogens (tertiary/aromatic N) is 3. The molecule has 3 aliphatic carbocycles. The topological polar surface area (TPSA) is 89.6 Å². The molecule has 2 saturated carbocycles. The maximum absolute atomic E-state index is 11.3. The van der Waals surface area contributed by atoms with Crippen molar-refractivity contribution in [3.8, 4) is 6.07 Å². The van der Waals surface area contributed by atoms with E-state index in [1.54, 1.807) is 0 Å². The monoisotopic (exact) mass is 497 g/mol. The van der Waals surface area contributed by atoms with Gasteiger partial charge in [0.1, 0.15) is 11.5 Å². The molecule has 7 rings (SSSR count). The van der Waals surface area contributed by atoms with Crippen LogP contribution in [0.1, 0.15) is 51.0 Å². The van der Waals surface area contributed by atoms with Gasteiger partial charge in [0.2, 0.25) is 0 Å². The van der Waals surface area contributed by atoms with E-state index >= 15 is 0 Å². The number of aliphatic hydroxyl groups is 2. The summed E-state index contributed by atoms with van der Waals surface area (Å²) in [6.07, 6.45) is 11.0. The van der Waals surface area contributed by atoms with Crippen LogP contribution in [0.25, 0.3) is 16.3 Å². The lowest BCUT2D eigenvalue weighted by Gasteiger charge is -2.61. The number of likely N-dealkylation sites (N-methyl/N-ethyl adjacent to an activating group) is 1. The minimum absolute atomic E-state index is 0.105. The van der Waals surface area contributed by atoms with Crippen molar-refractivity contribution in [3.63, 3.8) is 0 Å². The Morgan fingerprint density at radius 1 is 1.11 bits per heavy atom. The fraction of sp³-hybridized carbons (Fsp3) is 0.548. The van der Waals surface area contributed by atoms with Crippen LogP contribution in [0.4, 0.5) is 0 Å². The molecule has 2 N–H and O–H groups in total. The Kier molecular flexibility index (Phi) is 4.78. The van der Waals surface area contributed by atoms with Crippen LogP contribution in [-0.2, 0) is 4.74 Å². The number of benzene rings is 1. The van der Waals surface area contributed by atoms with Crippen molar-refractivity contribution in [1.82, 2.24) is 9.88 Å². The summed E-state index contributed by atoms with van der Waals surface area (Å²) >= 11 is 0. The summed E-state index contributed by atoms with van der Waals surface area (Å²) in [7, 11) is 3.90. The number of pyridine rings is 1. The van der Waals surface area contributed by atoms with Crippen LogP contribution in [0.2, 0.25) is 0 Å². The highest BCUT2D eigenvalue weighted by molar-refractivity contribution is 5.87. The first-order valence-electron chi connectivity index (χ1n) is 13.6. The number of hydrogen-bond acceptors (Lipinski definition) is 6. The van der Waals surface area contributed by atoms with Crippen molar-refractivity contribution in [2.45, 2.75) is 74.9 Å². The SMILES string of the molecule is CN(C)C1CC23CCC4(O2)C2CC=C(c5ccc6cnccc6c5)C2(C)CCC4(C#N)C=C3C(O)C1O. The van der Waals surface area contributed by atoms with Crippen molar-refractivity contribution < 1.29 is 14.9 Å². The molecular weight excluding hydrogens is 462 g/mol. The summed E-state index contributed by atoms with van der Waals surface area (Å²) in [5, 5.41) is 35.3. The first-order chi connectivity index (χ1) is 17.7. The average Bonchev–Trinajstić information content (AvgIpc) is 3.42. The van der Waals surface area contributed by atoms with Crippen LogP contribution >= 0.6 is 0 Å². The zero-order valence-electron chi connectivity index (χ0n) is 21.8. The van der Waals surface area contributed by atoms with Crippen LogP contribution in [-0.4, -0.2) is 63.6 Å². The molecule has 2 aromatic rings. The molecule has 6 heteroatoms. The summed E-state index contributed by atoms with van der Waals surface area (Å²) in [6, 6.07) is 11.2. The molecule has 2 spiro atoms. The van der Waals surface area contributed by atoms with E-state index in [1.165, 1.54) is 16.5 Å². The maximum Gasteiger partial charge on any atom is 0.105 e. The standard InChI is InChI=1S/C31H35N3O3/c1-28-9-10-29(18-32)15-23-26(35)27(36)24(34(2)3)16-30(23)11-12-31(29,37-30)25(28)7-6-22(28)20-4-5-21-17-33-13-8-19(21)14-20/h4-6,8,13-15,17,24-27,35-36H,7,9-12,16H2,1-3H3. The molecule has 3 heterocycles. The zero-order chi connectivity index (χ0) is 25.8. The second-order valence-electron chi connectivity index (χ2n) is 12.6. The minimum Gasteiger partial charge on any atom is -0.388 e. The predicted octanol–water partition coefficient (Wildman–Crippen LogP) is 4.23. The average molecular weight is 498 g/mol. The Balaban J connectivity index is 1.32. The fourth-order valence-electron chi connectivity index (χ4n) is 8.94. The molecule has 6 nitrogen and oxygen atoms in total. The largest absolute Gasteiger partial charge is 0.388 e. The molecule has 192 valence electrons. The quantitative estimate of drug-likeness (QED) is 0.604. The number of aromatic nitrogens is 1. The van der Waals surface area contributed by atoms with Gasteiger partial charge < -0.3 is 19.8 Å². The first kappa shape index (κ1) is 23.5. The van der Waals surface area contributed by atoms with Crippen molar-refractivity contribution in [1.29, 1.82) is 5.26 Å². The number of nitriles is 1. The number of hydrogen-bond donors (Lipinski definition) is 2. The highest BCUT2D eigenvalue weighted by Crippen LogP contribution is 2.72. The third-order valence-corrected chi connectivity index (χ3v) is 10.9. The van der Waals surface area contributed by atoms with E-state index in [2.05, 4.69) is 54.4 Å². The minimum atomic E-state index is -1.01. The van der Waals surface area contributed by atoms with Crippen molar-refractivity contribution >= 4 is 16.3 Å². The van der Waals surface area contributed by atoms with Crippen LogP contribution in [0.3, 0.4) is 0 Å². The number of ether oxygens (including phenoxy) is 1. The van der Waals surface area contributed by atoms with Gasteiger partial charge in [-0.05, 0) is 92.3 Å². The number of allylic oxidation sites excluding steroid dienone is 2. The first-order valence-corrected chi connectivity index (χ1v) is 13.6. The van der Waals surface area contributed by atoms with Gasteiger partial charge in [-0.2, -0.15) is 5.26 Å². The molecule has 8 unspecified atom stereocenters. The van der Waals surface area contributed by atoms with Crippen molar-refractivity contribution in [3.05, 3.63) is 59.9 Å². The van der Waals surface area contributed by atoms with E-state index in [-0.39, 0.29) is 17.4 Å². The third kappa shape index (κ3) is 2.81. The van der Waals surface area contributed by atoms with Crippen molar-refractivity contribution in [2.75, 3.05) is 14.1 Å². The number of fused-ring (bicyclic) bond motifs is 2. The lowest BCUT2D eigenvalue weighted by Crippen LogP contribution is -2.66. The highest BCUT2D eigenvalue weighted by atomic mass is 16.5. The molecule has 3 fully saturated rings. The molecule has 1 aromatic carbocycles. The van der Waals surface area contributed by atoms with Gasteiger partial charge in [-0.15, -0.1) is 0 Å². The number of rotatable bonds is 2. The van der Waals surface area contributed by atoms with Crippen molar-refractivity contribution in [2.24, 2.45) is 16.7 Å². The third-order valence-electron chi connectivity index (χ3n) is 10.9. The Hall–Kier alpha value is -2.56. The molecule has 1 saturated heterocycles. The molecule has 37 heavy (non-hydrogen) atoms. The predicted molar refractivity (Wildman–Crippen MR) is 141 cm³/mol. The Labute approximate surface area is 218 Å². The lowest BCUT2D eigenvalue weighted by atomic mass is 9.49. The van der Waals surface area contributed by atoms with E-state index in [0.29, 0.717) is 12.8 Å². The van der Waals surface area contributed by atoms with E-state index in [1.807, 2.05) is 31.4 Å². The van der Waals surface area contributed by atoms with E-state index in [4.69, 9.17) is 4.74 Å². The summed E-state index contributed by atoms with van der Waals surface area (Å²) < 4.78 is 7.28. The van der Waals surface area contributed by atoms with Crippen LogP contribution in [0.15, 0.2) is 54.4 Å². The van der Waals surface area contributed by atoms with E-state index in [0.717, 1.165) is 36.6 Å². The molecule has 1 aromatic heterocycles. The number of aliphatic hydroxyl groups excluding tert-OH is 2. The molecule has 0 radical (unpaired) electrons. The maximum atomic E-state index is 11.3. The van der Waals surface area contributed by atoms with E-state index in [9.17, 15) is 15.5 Å². The van der Waals surface area contributed by atoms with Gasteiger partial charge in [0.15, 0.2) is 0 Å². The van der Waals surface area contributed by atoms with Gasteiger partial charge in [-0.3, -0.25) is 4.98 Å². The summed E-state index contributed by atoms with van der Waals surface area (Å²) in [5.41, 5.74) is 1.23. The van der Waals surface area contributed by atoms with E-state index < -0.39 is 28.8 Å². The molecule has 5 aliphatic rings. The second kappa shape index (κ2) is 7.51. The zero-order valence-corrected chi connectivity index (χ0v) is 21.8. The molecule has 2 aliphatic heterocycles. The highest BCUT2D eigenvalue weighted by Gasteiger charge is 2.74. The molecule has 0 amide bonds. The smallest absolute Gasteiger partial charge is 0.105 e. The summed E-state index contributed by atoms with van der Waals surface area (Å²) in [4.78, 5) is 6.26. The Morgan fingerprint density at radius 3 is 2.73 bits per heavy atom. The molecular formula is C31H35N3O3. The van der Waals surface area contributed by atoms with Gasteiger partial charge >= 0.3 is 0 Å². The van der Waals surface area contributed by atoms with Crippen LogP contribution < -0.4 is 0 Å². The fourth-order valence-corrected chi connectivity index (χ4v) is 8.94. The van der Waals surface area contributed by atoms with Crippen LogP contribution in [0, 0.1) is 28.1 Å².